The molecule has 0 bridgehead atoms. The van der Waals surface area contributed by atoms with Crippen molar-refractivity contribution in [2.75, 3.05) is 6.79 Å². The third-order valence-electron chi connectivity index (χ3n) is 2.68. The Hall–Kier alpha value is -1.44. The molecule has 0 radical (unpaired) electrons. The van der Waals surface area contributed by atoms with Gasteiger partial charge in [-0.1, -0.05) is 51.1 Å². The molecular formula is C15H20O2. The normalized spacial score (nSPS) is 15.7. The van der Waals surface area contributed by atoms with Gasteiger partial charge < -0.3 is 9.47 Å². The largest absolute Gasteiger partial charge is 0.458 e. The van der Waals surface area contributed by atoms with Gasteiger partial charge in [0.25, 0.3) is 0 Å². The summed E-state index contributed by atoms with van der Waals surface area (Å²) in [6, 6.07) is 10.4. The first-order valence-corrected chi connectivity index (χ1v) is 6.06. The Balaban J connectivity index is 2.10. The summed E-state index contributed by atoms with van der Waals surface area (Å²) < 4.78 is 11.1. The summed E-state index contributed by atoms with van der Waals surface area (Å²) in [4.78, 5) is 0. The van der Waals surface area contributed by atoms with Crippen LogP contribution in [0.15, 0.2) is 41.9 Å². The maximum absolute atomic E-state index is 5.57. The van der Waals surface area contributed by atoms with E-state index in [-0.39, 0.29) is 5.41 Å². The van der Waals surface area contributed by atoms with E-state index in [0.717, 1.165) is 24.4 Å². The molecule has 0 N–H and O–H groups in total. The number of allylic oxidation sites excluding steroid dienone is 2. The fourth-order valence-electron chi connectivity index (χ4n) is 1.89. The Morgan fingerprint density at radius 1 is 1.00 bits per heavy atom. The topological polar surface area (TPSA) is 18.5 Å². The molecule has 2 heteroatoms. The van der Waals surface area contributed by atoms with Crippen LogP contribution in [0.3, 0.4) is 0 Å². The summed E-state index contributed by atoms with van der Waals surface area (Å²) in [5.41, 5.74) is 1.49. The van der Waals surface area contributed by atoms with Gasteiger partial charge in [-0.2, -0.15) is 0 Å². The van der Waals surface area contributed by atoms with Crippen LogP contribution in [0, 0.1) is 5.41 Å². The quantitative estimate of drug-likeness (QED) is 0.787. The molecule has 2 nitrogen and oxygen atoms in total. The molecule has 1 aromatic rings. The van der Waals surface area contributed by atoms with Crippen molar-refractivity contribution in [2.24, 2.45) is 5.41 Å². The Morgan fingerprint density at radius 3 is 2.29 bits per heavy atom. The molecular weight excluding hydrogens is 212 g/mol. The van der Waals surface area contributed by atoms with E-state index >= 15 is 0 Å². The van der Waals surface area contributed by atoms with E-state index in [1.807, 2.05) is 6.07 Å². The van der Waals surface area contributed by atoms with Crippen LogP contribution in [0.1, 0.15) is 32.8 Å². The molecule has 0 saturated heterocycles. The van der Waals surface area contributed by atoms with Gasteiger partial charge in [0.05, 0.1) is 0 Å². The highest BCUT2D eigenvalue weighted by Crippen LogP contribution is 2.31. The first-order valence-electron chi connectivity index (χ1n) is 6.06. The van der Waals surface area contributed by atoms with E-state index in [1.165, 1.54) is 5.56 Å². The molecule has 1 aromatic carbocycles. The summed E-state index contributed by atoms with van der Waals surface area (Å²) in [5.74, 6) is 2.01. The third-order valence-corrected chi connectivity index (χ3v) is 2.68. The minimum atomic E-state index is 0.227. The van der Waals surface area contributed by atoms with E-state index in [0.29, 0.717) is 6.79 Å². The Bertz CT molecular complexity index is 399. The molecule has 0 unspecified atom stereocenters. The number of ether oxygens (including phenoxy) is 2. The molecule has 0 atom stereocenters. The van der Waals surface area contributed by atoms with Gasteiger partial charge in [0.15, 0.2) is 0 Å². The SMILES string of the molecule is CC(C)(C)CC1=C(Cc2ccccc2)OCO1. The first kappa shape index (κ1) is 12.0. The van der Waals surface area contributed by atoms with Crippen molar-refractivity contribution in [3.63, 3.8) is 0 Å². The lowest BCUT2D eigenvalue weighted by atomic mass is 9.90. The zero-order valence-electron chi connectivity index (χ0n) is 10.8. The van der Waals surface area contributed by atoms with Gasteiger partial charge in [0, 0.05) is 12.8 Å². The van der Waals surface area contributed by atoms with Crippen molar-refractivity contribution in [3.05, 3.63) is 47.4 Å². The van der Waals surface area contributed by atoms with Gasteiger partial charge in [-0.15, -0.1) is 0 Å². The summed E-state index contributed by atoms with van der Waals surface area (Å²) in [5, 5.41) is 0. The van der Waals surface area contributed by atoms with E-state index in [9.17, 15) is 0 Å². The van der Waals surface area contributed by atoms with Crippen molar-refractivity contribution in [3.8, 4) is 0 Å². The zero-order chi connectivity index (χ0) is 12.3. The van der Waals surface area contributed by atoms with Crippen molar-refractivity contribution >= 4 is 0 Å². The molecule has 0 saturated carbocycles. The molecule has 0 amide bonds. The van der Waals surface area contributed by atoms with Gasteiger partial charge in [-0.25, -0.2) is 0 Å². The van der Waals surface area contributed by atoms with Crippen LogP contribution in [-0.4, -0.2) is 6.79 Å². The fourth-order valence-corrected chi connectivity index (χ4v) is 1.89. The summed E-state index contributed by atoms with van der Waals surface area (Å²) >= 11 is 0. The van der Waals surface area contributed by atoms with Gasteiger partial charge in [0.1, 0.15) is 11.5 Å². The minimum absolute atomic E-state index is 0.227. The van der Waals surface area contributed by atoms with Crippen molar-refractivity contribution in [1.82, 2.24) is 0 Å². The van der Waals surface area contributed by atoms with Crippen LogP contribution in [0.5, 0.6) is 0 Å². The minimum Gasteiger partial charge on any atom is -0.458 e. The lowest BCUT2D eigenvalue weighted by Crippen LogP contribution is -2.07. The molecule has 1 aliphatic heterocycles. The second-order valence-corrected chi connectivity index (χ2v) is 5.65. The lowest BCUT2D eigenvalue weighted by molar-refractivity contribution is 0.0640. The maximum atomic E-state index is 5.57. The highest BCUT2D eigenvalue weighted by molar-refractivity contribution is 5.22. The Morgan fingerprint density at radius 2 is 1.65 bits per heavy atom. The van der Waals surface area contributed by atoms with Crippen LogP contribution in [-0.2, 0) is 15.9 Å². The molecule has 1 heterocycles. The highest BCUT2D eigenvalue weighted by Gasteiger charge is 2.23. The van der Waals surface area contributed by atoms with E-state index < -0.39 is 0 Å². The van der Waals surface area contributed by atoms with Crippen molar-refractivity contribution in [1.29, 1.82) is 0 Å². The summed E-state index contributed by atoms with van der Waals surface area (Å²) in [6.45, 7) is 7.00. The molecule has 0 aliphatic carbocycles. The summed E-state index contributed by atoms with van der Waals surface area (Å²) in [6.07, 6.45) is 1.75. The average Bonchev–Trinajstić information content (AvgIpc) is 2.65. The maximum Gasteiger partial charge on any atom is 0.230 e. The monoisotopic (exact) mass is 232 g/mol. The smallest absolute Gasteiger partial charge is 0.230 e. The predicted octanol–water partition coefficient (Wildman–Crippen LogP) is 3.88. The van der Waals surface area contributed by atoms with E-state index in [2.05, 4.69) is 45.0 Å². The third kappa shape index (κ3) is 3.52. The highest BCUT2D eigenvalue weighted by atomic mass is 16.7. The van der Waals surface area contributed by atoms with E-state index in [4.69, 9.17) is 9.47 Å². The van der Waals surface area contributed by atoms with Gasteiger partial charge >= 0.3 is 0 Å². The predicted molar refractivity (Wildman–Crippen MR) is 68.3 cm³/mol. The van der Waals surface area contributed by atoms with Crippen LogP contribution < -0.4 is 0 Å². The van der Waals surface area contributed by atoms with Crippen molar-refractivity contribution in [2.45, 2.75) is 33.6 Å². The van der Waals surface area contributed by atoms with E-state index in [1.54, 1.807) is 0 Å². The van der Waals surface area contributed by atoms with Crippen molar-refractivity contribution < 1.29 is 9.47 Å². The first-order chi connectivity index (χ1) is 8.04. The van der Waals surface area contributed by atoms with Crippen LogP contribution in [0.2, 0.25) is 0 Å². The van der Waals surface area contributed by atoms with Gasteiger partial charge in [-0.05, 0) is 11.0 Å². The molecule has 1 aliphatic rings. The van der Waals surface area contributed by atoms with Crippen LogP contribution >= 0.6 is 0 Å². The number of rotatable bonds is 3. The lowest BCUT2D eigenvalue weighted by Gasteiger charge is -2.18. The van der Waals surface area contributed by atoms with Crippen LogP contribution in [0.25, 0.3) is 0 Å². The number of hydrogen-bond acceptors (Lipinski definition) is 2. The second-order valence-electron chi connectivity index (χ2n) is 5.65. The molecule has 0 spiro atoms. The molecule has 92 valence electrons. The zero-order valence-corrected chi connectivity index (χ0v) is 10.8. The molecule has 17 heavy (non-hydrogen) atoms. The average molecular weight is 232 g/mol. The van der Waals surface area contributed by atoms with Gasteiger partial charge in [-0.3, -0.25) is 0 Å². The second kappa shape index (κ2) is 4.82. The Kier molecular flexibility index (Phi) is 3.41. The number of benzene rings is 1. The van der Waals surface area contributed by atoms with Crippen LogP contribution in [0.4, 0.5) is 0 Å². The molecule has 0 aromatic heterocycles. The number of hydrogen-bond donors (Lipinski definition) is 0. The van der Waals surface area contributed by atoms with Gasteiger partial charge in [0.2, 0.25) is 6.79 Å². The standard InChI is InChI=1S/C15H20O2/c1-15(2,3)10-14-13(16-11-17-14)9-12-7-5-4-6-8-12/h4-8H,9-11H2,1-3H3. The summed E-state index contributed by atoms with van der Waals surface area (Å²) in [7, 11) is 0. The molecule has 0 fully saturated rings. The fraction of sp³-hybridized carbons (Fsp3) is 0.467. The molecule has 2 rings (SSSR count). The Labute approximate surface area is 103 Å².